The Labute approximate surface area is 600 Å². The lowest BCUT2D eigenvalue weighted by molar-refractivity contribution is -0.161. The molecule has 0 saturated carbocycles. The lowest BCUT2D eigenvalue weighted by Gasteiger charge is -2.21. The van der Waals surface area contributed by atoms with Crippen LogP contribution in [0.2, 0.25) is 0 Å². The maximum atomic E-state index is 13.1. The van der Waals surface area contributed by atoms with Gasteiger partial charge in [0.15, 0.2) is 12.2 Å². The first-order valence-electron chi connectivity index (χ1n) is 41.0. The number of carbonyl (C=O) groups excluding carboxylic acids is 4. The Balaban J connectivity index is 5.23. The molecule has 0 aromatic rings. The first kappa shape index (κ1) is 96.1. The average molecular weight is 1440 g/mol. The number of esters is 4. The van der Waals surface area contributed by atoms with Crippen molar-refractivity contribution < 1.29 is 80.2 Å². The van der Waals surface area contributed by atoms with E-state index in [0.29, 0.717) is 25.7 Å². The highest BCUT2D eigenvalue weighted by molar-refractivity contribution is 7.47. The smallest absolute Gasteiger partial charge is 0.462 e. The summed E-state index contributed by atoms with van der Waals surface area (Å²) in [6.07, 6.45) is 59.6. The quantitative estimate of drug-likeness (QED) is 0.0222. The minimum absolute atomic E-state index is 0.108. The molecule has 17 nitrogen and oxygen atoms in total. The minimum Gasteiger partial charge on any atom is -0.462 e. The number of hydrogen-bond donors (Lipinski definition) is 3. The van der Waals surface area contributed by atoms with Crippen LogP contribution in [0.15, 0.2) is 0 Å². The number of aliphatic hydroxyl groups is 1. The van der Waals surface area contributed by atoms with Gasteiger partial charge in [-0.1, -0.05) is 363 Å². The Morgan fingerprint density at radius 2 is 0.469 bits per heavy atom. The maximum absolute atomic E-state index is 13.1. The molecule has 2 unspecified atom stereocenters. The maximum Gasteiger partial charge on any atom is 0.472 e. The molecular weight excluding hydrogens is 1280 g/mol. The van der Waals surface area contributed by atoms with E-state index in [1.165, 1.54) is 231 Å². The number of hydrogen-bond acceptors (Lipinski definition) is 15. The van der Waals surface area contributed by atoms with E-state index in [9.17, 15) is 43.2 Å². The molecule has 0 rings (SSSR count). The van der Waals surface area contributed by atoms with E-state index < -0.39 is 97.5 Å². The van der Waals surface area contributed by atoms with Crippen molar-refractivity contribution in [2.24, 2.45) is 11.8 Å². The number of carbonyl (C=O) groups is 4. The van der Waals surface area contributed by atoms with Gasteiger partial charge in [-0.15, -0.1) is 0 Å². The number of phosphoric ester groups is 2. The van der Waals surface area contributed by atoms with Crippen LogP contribution in [-0.2, 0) is 65.4 Å². The van der Waals surface area contributed by atoms with Crippen LogP contribution in [0.5, 0.6) is 0 Å². The molecule has 0 heterocycles. The van der Waals surface area contributed by atoms with Crippen LogP contribution < -0.4 is 0 Å². The van der Waals surface area contributed by atoms with Crippen molar-refractivity contribution in [3.8, 4) is 0 Å². The fraction of sp³-hybridized carbons (Fsp3) is 0.949. The summed E-state index contributed by atoms with van der Waals surface area (Å²) < 4.78 is 68.6. The topological polar surface area (TPSA) is 237 Å². The van der Waals surface area contributed by atoms with Crippen molar-refractivity contribution in [3.05, 3.63) is 0 Å². The lowest BCUT2D eigenvalue weighted by Crippen LogP contribution is -2.30. The highest BCUT2D eigenvalue weighted by atomic mass is 31.2. The Kier molecular flexibility index (Phi) is 69.3. The van der Waals surface area contributed by atoms with E-state index in [-0.39, 0.29) is 25.7 Å². The zero-order valence-electron chi connectivity index (χ0n) is 64.1. The number of aliphatic hydroxyl groups excluding tert-OH is 1. The van der Waals surface area contributed by atoms with Crippen LogP contribution in [0.4, 0.5) is 0 Å². The van der Waals surface area contributed by atoms with E-state index in [0.717, 1.165) is 102 Å². The van der Waals surface area contributed by atoms with Gasteiger partial charge in [0.2, 0.25) is 0 Å². The molecule has 98 heavy (non-hydrogen) atoms. The van der Waals surface area contributed by atoms with Crippen LogP contribution in [0.1, 0.15) is 414 Å². The Morgan fingerprint density at radius 3 is 0.694 bits per heavy atom. The monoisotopic (exact) mass is 1440 g/mol. The molecule has 582 valence electrons. The SMILES string of the molecule is CCCCCCCCCCCCCCCCCC(=O)O[C@H](COC(=O)CCCCCCCCCCC)COP(=O)(O)OC[C@H](O)COP(=O)(O)OC[C@@H](COC(=O)CCCCCCCCCCCCCCCC(C)C)OC(=O)CCCCCCCCCCCCCCCCCC(C)C. The molecule has 0 aliphatic carbocycles. The van der Waals surface area contributed by atoms with Crippen LogP contribution >= 0.6 is 15.6 Å². The lowest BCUT2D eigenvalue weighted by atomic mass is 10.0. The number of phosphoric acid groups is 2. The van der Waals surface area contributed by atoms with Gasteiger partial charge in [0.05, 0.1) is 26.4 Å². The third kappa shape index (κ3) is 72.4. The van der Waals surface area contributed by atoms with Gasteiger partial charge < -0.3 is 33.8 Å². The van der Waals surface area contributed by atoms with Crippen LogP contribution in [0.25, 0.3) is 0 Å². The van der Waals surface area contributed by atoms with E-state index >= 15 is 0 Å². The van der Waals surface area contributed by atoms with Gasteiger partial charge in [0, 0.05) is 25.7 Å². The molecule has 0 saturated heterocycles. The molecule has 0 spiro atoms. The molecular formula is C79H154O17P2. The van der Waals surface area contributed by atoms with Gasteiger partial charge in [0.1, 0.15) is 19.3 Å². The van der Waals surface area contributed by atoms with Crippen molar-refractivity contribution in [3.63, 3.8) is 0 Å². The Morgan fingerprint density at radius 1 is 0.276 bits per heavy atom. The fourth-order valence-corrected chi connectivity index (χ4v) is 13.8. The molecule has 19 heteroatoms. The van der Waals surface area contributed by atoms with Gasteiger partial charge in [-0.25, -0.2) is 9.13 Å². The highest BCUT2D eigenvalue weighted by Gasteiger charge is 2.30. The molecule has 0 amide bonds. The van der Waals surface area contributed by atoms with Crippen molar-refractivity contribution in [2.45, 2.75) is 432 Å². The number of unbranched alkanes of at least 4 members (excludes halogenated alkanes) is 48. The summed E-state index contributed by atoms with van der Waals surface area (Å²) in [4.78, 5) is 72.9. The summed E-state index contributed by atoms with van der Waals surface area (Å²) in [7, 11) is -9.91. The predicted molar refractivity (Wildman–Crippen MR) is 400 cm³/mol. The fourth-order valence-electron chi connectivity index (χ4n) is 12.2. The predicted octanol–water partition coefficient (Wildman–Crippen LogP) is 23.5. The summed E-state index contributed by atoms with van der Waals surface area (Å²) in [6, 6.07) is 0. The highest BCUT2D eigenvalue weighted by Crippen LogP contribution is 2.45. The Hall–Kier alpha value is -1.94. The first-order chi connectivity index (χ1) is 47.4. The molecule has 0 aromatic carbocycles. The van der Waals surface area contributed by atoms with Crippen molar-refractivity contribution in [1.82, 2.24) is 0 Å². The normalized spacial score (nSPS) is 13.9. The van der Waals surface area contributed by atoms with Crippen molar-refractivity contribution in [1.29, 1.82) is 0 Å². The molecule has 3 N–H and O–H groups in total. The first-order valence-corrected chi connectivity index (χ1v) is 44.0. The van der Waals surface area contributed by atoms with Crippen LogP contribution in [0, 0.1) is 11.8 Å². The molecule has 0 aliphatic heterocycles. The van der Waals surface area contributed by atoms with E-state index in [2.05, 4.69) is 41.5 Å². The number of ether oxygens (including phenoxy) is 4. The van der Waals surface area contributed by atoms with Crippen molar-refractivity contribution >= 4 is 39.5 Å². The van der Waals surface area contributed by atoms with E-state index in [4.69, 9.17) is 37.0 Å². The van der Waals surface area contributed by atoms with E-state index in [1.54, 1.807) is 0 Å². The van der Waals surface area contributed by atoms with Gasteiger partial charge >= 0.3 is 39.5 Å². The van der Waals surface area contributed by atoms with Crippen LogP contribution in [-0.4, -0.2) is 96.7 Å². The molecule has 5 atom stereocenters. The summed E-state index contributed by atoms with van der Waals surface area (Å²) in [5.74, 6) is -0.517. The van der Waals surface area contributed by atoms with Gasteiger partial charge in [0.25, 0.3) is 0 Å². The zero-order valence-corrected chi connectivity index (χ0v) is 65.9. The minimum atomic E-state index is -4.96. The van der Waals surface area contributed by atoms with Gasteiger partial charge in [-0.05, 0) is 37.5 Å². The molecule has 0 radical (unpaired) electrons. The standard InChI is InChI=1S/C79H154O17P2/c1-7-9-11-13-15-17-18-19-21-27-33-39-45-51-57-63-78(83)95-74(67-89-76(81)61-55-49-43-35-16-14-12-10-8-2)69-93-97(85,86)91-65-73(80)66-92-98(87,88)94-70-75(68-90-77(82)62-56-50-44-38-32-29-24-26-31-37-42-48-54-60-72(5)6)96-79(84)64-58-52-46-40-34-28-23-20-22-25-30-36-41-47-53-59-71(3)4/h71-75,80H,7-70H2,1-6H3,(H,85,86)(H,87,88)/t73-,74+,75+/m0/s1. The Bertz CT molecular complexity index is 1890. The molecule has 0 bridgehead atoms. The number of rotatable bonds is 78. The zero-order chi connectivity index (χ0) is 72.1. The summed E-state index contributed by atoms with van der Waals surface area (Å²) in [6.45, 7) is 9.66. The molecule has 0 fully saturated rings. The van der Waals surface area contributed by atoms with E-state index in [1.807, 2.05) is 0 Å². The molecule has 0 aromatic heterocycles. The molecule has 0 aliphatic rings. The summed E-state index contributed by atoms with van der Waals surface area (Å²) in [5, 5.41) is 10.6. The third-order valence-electron chi connectivity index (χ3n) is 18.5. The average Bonchev–Trinajstić information content (AvgIpc) is 1.02. The second-order valence-electron chi connectivity index (χ2n) is 29.4. The second-order valence-corrected chi connectivity index (χ2v) is 32.3. The largest absolute Gasteiger partial charge is 0.472 e. The summed E-state index contributed by atoms with van der Waals surface area (Å²) in [5.41, 5.74) is 0. The summed E-state index contributed by atoms with van der Waals surface area (Å²) >= 11 is 0. The van der Waals surface area contributed by atoms with Crippen molar-refractivity contribution in [2.75, 3.05) is 39.6 Å². The van der Waals surface area contributed by atoms with Crippen LogP contribution in [0.3, 0.4) is 0 Å². The van der Waals surface area contributed by atoms with Gasteiger partial charge in [-0.2, -0.15) is 0 Å². The second kappa shape index (κ2) is 70.7. The third-order valence-corrected chi connectivity index (χ3v) is 20.4. The van der Waals surface area contributed by atoms with Gasteiger partial charge in [-0.3, -0.25) is 37.3 Å².